The molecule has 1 aliphatic rings. The van der Waals surface area contributed by atoms with Crippen LogP contribution < -0.4 is 0 Å². The maximum Gasteiger partial charge on any atom is 0.261 e. The summed E-state index contributed by atoms with van der Waals surface area (Å²) in [6, 6.07) is 6.92. The van der Waals surface area contributed by atoms with Gasteiger partial charge in [-0.2, -0.15) is 0 Å². The monoisotopic (exact) mass is 371 g/mol. The van der Waals surface area contributed by atoms with Gasteiger partial charge in [-0.3, -0.25) is 14.5 Å². The van der Waals surface area contributed by atoms with Gasteiger partial charge in [0.05, 0.1) is 14.5 Å². The van der Waals surface area contributed by atoms with Crippen molar-refractivity contribution in [1.82, 2.24) is 4.90 Å². The topological polar surface area (TPSA) is 37.4 Å². The lowest BCUT2D eigenvalue weighted by Crippen LogP contribution is -2.33. The van der Waals surface area contributed by atoms with Crippen molar-refractivity contribution in [3.63, 3.8) is 0 Å². The second-order valence-electron chi connectivity index (χ2n) is 4.20. The molecule has 0 bridgehead atoms. The van der Waals surface area contributed by atoms with Crippen LogP contribution >= 0.6 is 31.9 Å². The molecule has 1 atom stereocenters. The molecule has 5 heteroatoms. The van der Waals surface area contributed by atoms with Gasteiger partial charge in [0.2, 0.25) is 0 Å². The molecule has 0 aromatic heterocycles. The molecule has 1 aromatic carbocycles. The van der Waals surface area contributed by atoms with Crippen molar-refractivity contribution in [2.75, 3.05) is 6.54 Å². The first-order valence-electron chi connectivity index (χ1n) is 5.48. The molecule has 0 N–H and O–H groups in total. The van der Waals surface area contributed by atoms with Gasteiger partial charge in [0.25, 0.3) is 11.8 Å². The van der Waals surface area contributed by atoms with Crippen molar-refractivity contribution in [2.45, 2.75) is 6.92 Å². The quantitative estimate of drug-likeness (QED) is 0.761. The van der Waals surface area contributed by atoms with Crippen LogP contribution in [0.3, 0.4) is 0 Å². The largest absolute Gasteiger partial charge is 0.274 e. The lowest BCUT2D eigenvalue weighted by molar-refractivity contribution is 0.0641. The first-order valence-corrected chi connectivity index (χ1v) is 7.07. The third-order valence-electron chi connectivity index (χ3n) is 2.76. The molecule has 3 nitrogen and oxygen atoms in total. The van der Waals surface area contributed by atoms with Crippen LogP contribution in [0.15, 0.2) is 33.7 Å². The van der Waals surface area contributed by atoms with E-state index in [1.165, 1.54) is 4.90 Å². The standard InChI is InChI=1S/C13H11Br2NO2/c1-8(6-11(14)15)7-16-12(17)9-4-2-3-5-10(9)13(16)18/h2-6,8H,7H2,1H3. The Morgan fingerprint density at radius 3 is 2.17 bits per heavy atom. The molecule has 0 fully saturated rings. The third kappa shape index (κ3) is 2.57. The SMILES string of the molecule is CC(C=C(Br)Br)CN1C(=O)c2ccccc2C1=O. The Morgan fingerprint density at radius 1 is 1.22 bits per heavy atom. The zero-order valence-corrected chi connectivity index (χ0v) is 12.9. The highest BCUT2D eigenvalue weighted by molar-refractivity contribution is 9.28. The number of benzene rings is 1. The Balaban J connectivity index is 2.21. The van der Waals surface area contributed by atoms with E-state index in [4.69, 9.17) is 0 Å². The summed E-state index contributed by atoms with van der Waals surface area (Å²) >= 11 is 6.54. The van der Waals surface area contributed by atoms with E-state index in [0.717, 1.165) is 3.39 Å². The fourth-order valence-electron chi connectivity index (χ4n) is 1.96. The zero-order valence-electron chi connectivity index (χ0n) is 9.69. The molecule has 0 radical (unpaired) electrons. The van der Waals surface area contributed by atoms with Gasteiger partial charge < -0.3 is 0 Å². The Kier molecular flexibility index (Phi) is 4.02. The maximum absolute atomic E-state index is 12.1. The molecule has 0 aliphatic carbocycles. The van der Waals surface area contributed by atoms with Crippen LogP contribution in [0, 0.1) is 5.92 Å². The van der Waals surface area contributed by atoms with E-state index in [0.29, 0.717) is 17.7 Å². The normalized spacial score (nSPS) is 15.6. The Morgan fingerprint density at radius 2 is 1.72 bits per heavy atom. The Labute approximate surface area is 122 Å². The Hall–Kier alpha value is -0.940. The second kappa shape index (κ2) is 5.36. The van der Waals surface area contributed by atoms with Gasteiger partial charge in [-0.1, -0.05) is 25.1 Å². The summed E-state index contributed by atoms with van der Waals surface area (Å²) in [7, 11) is 0. The van der Waals surface area contributed by atoms with Crippen LogP contribution in [-0.2, 0) is 0 Å². The average Bonchev–Trinajstić information content (AvgIpc) is 2.54. The molecule has 0 spiro atoms. The number of carbonyl (C=O) groups excluding carboxylic acids is 2. The van der Waals surface area contributed by atoms with E-state index in [-0.39, 0.29) is 17.7 Å². The van der Waals surface area contributed by atoms with Crippen molar-refractivity contribution in [3.05, 3.63) is 44.9 Å². The van der Waals surface area contributed by atoms with Gasteiger partial charge in [-0.15, -0.1) is 0 Å². The van der Waals surface area contributed by atoms with Crippen molar-refractivity contribution in [2.24, 2.45) is 5.92 Å². The molecule has 1 unspecified atom stereocenters. The zero-order chi connectivity index (χ0) is 13.3. The first-order chi connectivity index (χ1) is 8.50. The van der Waals surface area contributed by atoms with Crippen LogP contribution in [0.25, 0.3) is 0 Å². The van der Waals surface area contributed by atoms with Gasteiger partial charge >= 0.3 is 0 Å². The number of imide groups is 1. The molecule has 1 aliphatic heterocycles. The fourth-order valence-corrected chi connectivity index (χ4v) is 2.86. The number of carbonyl (C=O) groups is 2. The van der Waals surface area contributed by atoms with Gasteiger partial charge in [-0.05, 0) is 49.9 Å². The molecule has 1 heterocycles. The number of rotatable bonds is 3. The highest BCUT2D eigenvalue weighted by atomic mass is 79.9. The smallest absolute Gasteiger partial charge is 0.261 e. The average molecular weight is 373 g/mol. The molecular weight excluding hydrogens is 362 g/mol. The number of nitrogens with zero attached hydrogens (tertiary/aromatic N) is 1. The predicted molar refractivity (Wildman–Crippen MR) is 76.9 cm³/mol. The van der Waals surface area contributed by atoms with Crippen LogP contribution in [0.4, 0.5) is 0 Å². The summed E-state index contributed by atoms with van der Waals surface area (Å²) in [4.78, 5) is 25.5. The lowest BCUT2D eigenvalue weighted by Gasteiger charge is -2.16. The molecule has 2 rings (SSSR count). The number of halogens is 2. The number of amides is 2. The van der Waals surface area contributed by atoms with Crippen molar-refractivity contribution >= 4 is 43.7 Å². The van der Waals surface area contributed by atoms with E-state index in [9.17, 15) is 9.59 Å². The van der Waals surface area contributed by atoms with E-state index in [1.807, 2.05) is 13.0 Å². The van der Waals surface area contributed by atoms with Crippen LogP contribution in [0.5, 0.6) is 0 Å². The lowest BCUT2D eigenvalue weighted by atomic mass is 10.1. The van der Waals surface area contributed by atoms with Crippen molar-refractivity contribution in [3.8, 4) is 0 Å². The fraction of sp³-hybridized carbons (Fsp3) is 0.231. The molecule has 2 amide bonds. The number of hydrogen-bond donors (Lipinski definition) is 0. The summed E-state index contributed by atoms with van der Waals surface area (Å²) in [6.45, 7) is 2.33. The number of hydrogen-bond acceptors (Lipinski definition) is 2. The van der Waals surface area contributed by atoms with Crippen LogP contribution in [-0.4, -0.2) is 23.3 Å². The second-order valence-corrected chi connectivity index (χ2v) is 6.97. The summed E-state index contributed by atoms with van der Waals surface area (Å²) in [5.41, 5.74) is 0.994. The molecule has 18 heavy (non-hydrogen) atoms. The van der Waals surface area contributed by atoms with E-state index < -0.39 is 0 Å². The summed E-state index contributed by atoms with van der Waals surface area (Å²) < 4.78 is 0.819. The van der Waals surface area contributed by atoms with Crippen LogP contribution in [0.1, 0.15) is 27.6 Å². The maximum atomic E-state index is 12.1. The highest BCUT2D eigenvalue weighted by Gasteiger charge is 2.35. The van der Waals surface area contributed by atoms with Gasteiger partial charge in [0.1, 0.15) is 0 Å². The van der Waals surface area contributed by atoms with Crippen molar-refractivity contribution < 1.29 is 9.59 Å². The van der Waals surface area contributed by atoms with E-state index in [2.05, 4.69) is 31.9 Å². The molecular formula is C13H11Br2NO2. The highest BCUT2D eigenvalue weighted by Crippen LogP contribution is 2.24. The van der Waals surface area contributed by atoms with E-state index in [1.54, 1.807) is 24.3 Å². The van der Waals surface area contributed by atoms with Crippen LogP contribution in [0.2, 0.25) is 0 Å². The minimum atomic E-state index is -0.207. The first kappa shape index (κ1) is 13.5. The van der Waals surface area contributed by atoms with Crippen molar-refractivity contribution in [1.29, 1.82) is 0 Å². The minimum Gasteiger partial charge on any atom is -0.274 e. The molecule has 0 saturated carbocycles. The summed E-state index contributed by atoms with van der Waals surface area (Å²) in [6.07, 6.45) is 1.91. The summed E-state index contributed by atoms with van der Waals surface area (Å²) in [5.74, 6) is -0.330. The van der Waals surface area contributed by atoms with Gasteiger partial charge in [0.15, 0.2) is 0 Å². The third-order valence-corrected chi connectivity index (χ3v) is 3.29. The molecule has 94 valence electrons. The Bertz CT molecular complexity index is 501. The van der Waals surface area contributed by atoms with Gasteiger partial charge in [-0.25, -0.2) is 0 Å². The number of fused-ring (bicyclic) bond motifs is 1. The molecule has 0 saturated heterocycles. The predicted octanol–water partition coefficient (Wildman–Crippen LogP) is 3.55. The van der Waals surface area contributed by atoms with E-state index >= 15 is 0 Å². The van der Waals surface area contributed by atoms with Gasteiger partial charge in [0, 0.05) is 6.54 Å². The molecule has 1 aromatic rings. The summed E-state index contributed by atoms with van der Waals surface area (Å²) in [5, 5.41) is 0. The minimum absolute atomic E-state index is 0.0842.